The fraction of sp³-hybridized carbons (Fsp3) is 0.714. The highest BCUT2D eigenvalue weighted by molar-refractivity contribution is 6.01. The van der Waals surface area contributed by atoms with Crippen LogP contribution in [-0.2, 0) is 9.63 Å². The first-order valence-electron chi connectivity index (χ1n) is 6.75. The van der Waals surface area contributed by atoms with Gasteiger partial charge in [-0.3, -0.25) is 4.79 Å². The van der Waals surface area contributed by atoms with Crippen LogP contribution in [0.2, 0.25) is 0 Å². The molecule has 0 saturated carbocycles. The molecule has 0 atom stereocenters. The fourth-order valence-corrected chi connectivity index (χ4v) is 2.24. The Bertz CT molecular complexity index is 321. The van der Waals surface area contributed by atoms with Gasteiger partial charge in [0.05, 0.1) is 5.71 Å². The van der Waals surface area contributed by atoms with Gasteiger partial charge < -0.3 is 9.94 Å². The maximum Gasteiger partial charge on any atom is 0.303 e. The van der Waals surface area contributed by atoms with Gasteiger partial charge in [-0.25, -0.2) is 0 Å². The predicted octanol–water partition coefficient (Wildman–Crippen LogP) is 3.52. The molecule has 0 radical (unpaired) electrons. The van der Waals surface area contributed by atoms with Gasteiger partial charge in [0, 0.05) is 6.42 Å². The topological polar surface area (TPSA) is 58.9 Å². The van der Waals surface area contributed by atoms with Crippen LogP contribution in [0.3, 0.4) is 0 Å². The third-order valence-electron chi connectivity index (χ3n) is 3.18. The highest BCUT2D eigenvalue weighted by Gasteiger charge is 2.13. The molecule has 0 amide bonds. The minimum absolute atomic E-state index is 0.301. The normalized spacial score (nSPS) is 16.9. The highest BCUT2D eigenvalue weighted by Crippen LogP contribution is 2.21. The number of carbonyl (C=O) groups is 1. The van der Waals surface area contributed by atoms with Crippen LogP contribution in [0, 0.1) is 0 Å². The van der Waals surface area contributed by atoms with E-state index in [9.17, 15) is 4.79 Å². The molecule has 0 saturated heterocycles. The number of rotatable bonds is 9. The second-order valence-electron chi connectivity index (χ2n) is 4.65. The molecule has 1 aliphatic carbocycles. The predicted molar refractivity (Wildman–Crippen MR) is 71.7 cm³/mol. The summed E-state index contributed by atoms with van der Waals surface area (Å²) in [5, 5.41) is 12.5. The van der Waals surface area contributed by atoms with E-state index in [4.69, 9.17) is 9.94 Å². The Morgan fingerprint density at radius 3 is 2.78 bits per heavy atom. The van der Waals surface area contributed by atoms with Gasteiger partial charge in [-0.05, 0) is 37.7 Å². The van der Waals surface area contributed by atoms with Crippen LogP contribution < -0.4 is 0 Å². The lowest BCUT2D eigenvalue weighted by molar-refractivity contribution is -0.137. The fourth-order valence-electron chi connectivity index (χ4n) is 2.24. The van der Waals surface area contributed by atoms with Crippen molar-refractivity contribution in [1.29, 1.82) is 0 Å². The molecule has 1 rings (SSSR count). The molecular formula is C14H23NO3. The summed E-state index contributed by atoms with van der Waals surface area (Å²) in [5.74, 6) is -0.688. The largest absolute Gasteiger partial charge is 0.481 e. The number of aliphatic carboxylic acids is 1. The molecular weight excluding hydrogens is 230 g/mol. The van der Waals surface area contributed by atoms with Crippen LogP contribution in [0.5, 0.6) is 0 Å². The van der Waals surface area contributed by atoms with Crippen molar-refractivity contribution in [3.63, 3.8) is 0 Å². The number of unbranched alkanes of at least 4 members (excludes halogenated alkanes) is 4. The van der Waals surface area contributed by atoms with Crippen LogP contribution >= 0.6 is 0 Å². The van der Waals surface area contributed by atoms with Crippen LogP contribution in [0.25, 0.3) is 0 Å². The number of nitrogens with zero attached hydrogens (tertiary/aromatic N) is 1. The van der Waals surface area contributed by atoms with E-state index in [1.165, 1.54) is 5.57 Å². The van der Waals surface area contributed by atoms with Gasteiger partial charge in [0.1, 0.15) is 7.11 Å². The van der Waals surface area contributed by atoms with Gasteiger partial charge in [0.25, 0.3) is 0 Å². The van der Waals surface area contributed by atoms with Crippen LogP contribution in [0.4, 0.5) is 0 Å². The van der Waals surface area contributed by atoms with E-state index in [1.807, 2.05) is 0 Å². The number of hydrogen-bond acceptors (Lipinski definition) is 3. The standard InChI is InChI=1S/C14H23NO3/c1-18-15-13-10-7-9-12(13)8-5-3-2-4-6-11-14(16)17/h9H,2-8,10-11H2,1H3,(H,16,17). The molecule has 0 aliphatic heterocycles. The summed E-state index contributed by atoms with van der Waals surface area (Å²) in [6.45, 7) is 0. The maximum atomic E-state index is 10.3. The third-order valence-corrected chi connectivity index (χ3v) is 3.18. The van der Waals surface area contributed by atoms with E-state index in [1.54, 1.807) is 7.11 Å². The van der Waals surface area contributed by atoms with Gasteiger partial charge in [-0.1, -0.05) is 30.5 Å². The lowest BCUT2D eigenvalue weighted by Crippen LogP contribution is -1.98. The number of hydrogen-bond donors (Lipinski definition) is 1. The Labute approximate surface area is 109 Å². The zero-order chi connectivity index (χ0) is 13.2. The average Bonchev–Trinajstić information content (AvgIpc) is 2.76. The lowest BCUT2D eigenvalue weighted by atomic mass is 10.0. The Kier molecular flexibility index (Phi) is 7.14. The molecule has 18 heavy (non-hydrogen) atoms. The van der Waals surface area contributed by atoms with Gasteiger partial charge in [-0.2, -0.15) is 0 Å². The maximum absolute atomic E-state index is 10.3. The van der Waals surface area contributed by atoms with E-state index >= 15 is 0 Å². The Morgan fingerprint density at radius 1 is 1.33 bits per heavy atom. The lowest BCUT2D eigenvalue weighted by Gasteiger charge is -2.04. The van der Waals surface area contributed by atoms with Crippen molar-refractivity contribution in [1.82, 2.24) is 0 Å². The smallest absolute Gasteiger partial charge is 0.303 e. The molecule has 0 spiro atoms. The minimum Gasteiger partial charge on any atom is -0.481 e. The molecule has 0 bridgehead atoms. The van der Waals surface area contributed by atoms with Gasteiger partial charge in [0.2, 0.25) is 0 Å². The summed E-state index contributed by atoms with van der Waals surface area (Å²) in [5.41, 5.74) is 2.44. The number of carboxylic acid groups (broad SMARTS) is 1. The van der Waals surface area contributed by atoms with Crippen molar-refractivity contribution < 1.29 is 14.7 Å². The van der Waals surface area contributed by atoms with E-state index in [2.05, 4.69) is 11.2 Å². The van der Waals surface area contributed by atoms with Crippen molar-refractivity contribution in [2.45, 2.75) is 57.8 Å². The van der Waals surface area contributed by atoms with Crippen LogP contribution in [0.1, 0.15) is 57.8 Å². The zero-order valence-corrected chi connectivity index (χ0v) is 11.2. The number of allylic oxidation sites excluding steroid dienone is 2. The quantitative estimate of drug-likeness (QED) is 0.505. The summed E-state index contributed by atoms with van der Waals surface area (Å²) in [6, 6.07) is 0. The van der Waals surface area contributed by atoms with Crippen LogP contribution in [0.15, 0.2) is 16.8 Å². The van der Waals surface area contributed by atoms with E-state index in [0.717, 1.165) is 57.1 Å². The molecule has 4 heteroatoms. The molecule has 0 aromatic heterocycles. The molecule has 1 N–H and O–H groups in total. The first-order valence-corrected chi connectivity index (χ1v) is 6.75. The van der Waals surface area contributed by atoms with Crippen molar-refractivity contribution in [3.05, 3.63) is 11.6 Å². The van der Waals surface area contributed by atoms with Crippen molar-refractivity contribution in [3.8, 4) is 0 Å². The SMILES string of the molecule is CON=C1CCC=C1CCCCCCCC(=O)O. The Morgan fingerprint density at radius 2 is 2.06 bits per heavy atom. The van der Waals surface area contributed by atoms with Crippen LogP contribution in [-0.4, -0.2) is 23.9 Å². The van der Waals surface area contributed by atoms with Crippen molar-refractivity contribution in [2.75, 3.05) is 7.11 Å². The molecule has 0 heterocycles. The summed E-state index contributed by atoms with van der Waals surface area (Å²) < 4.78 is 0. The first kappa shape index (κ1) is 14.7. The Hall–Kier alpha value is -1.32. The molecule has 102 valence electrons. The number of carboxylic acids is 1. The van der Waals surface area contributed by atoms with E-state index in [0.29, 0.717) is 6.42 Å². The molecule has 1 aliphatic rings. The minimum atomic E-state index is -0.688. The summed E-state index contributed by atoms with van der Waals surface area (Å²) in [6.07, 6.45) is 11.0. The molecule has 0 aromatic rings. The van der Waals surface area contributed by atoms with Crippen molar-refractivity contribution >= 4 is 11.7 Å². The van der Waals surface area contributed by atoms with Gasteiger partial charge in [-0.15, -0.1) is 0 Å². The molecule has 0 fully saturated rings. The number of oxime groups is 1. The van der Waals surface area contributed by atoms with Crippen molar-refractivity contribution in [2.24, 2.45) is 5.16 Å². The summed E-state index contributed by atoms with van der Waals surface area (Å²) in [7, 11) is 1.59. The highest BCUT2D eigenvalue weighted by atomic mass is 16.6. The summed E-state index contributed by atoms with van der Waals surface area (Å²) >= 11 is 0. The Balaban J connectivity index is 2.04. The van der Waals surface area contributed by atoms with Gasteiger partial charge in [0.15, 0.2) is 0 Å². The van der Waals surface area contributed by atoms with E-state index < -0.39 is 5.97 Å². The monoisotopic (exact) mass is 253 g/mol. The first-order chi connectivity index (χ1) is 8.74. The molecule has 4 nitrogen and oxygen atoms in total. The van der Waals surface area contributed by atoms with E-state index in [-0.39, 0.29) is 0 Å². The van der Waals surface area contributed by atoms with Gasteiger partial charge >= 0.3 is 5.97 Å². The second-order valence-corrected chi connectivity index (χ2v) is 4.65. The third kappa shape index (κ3) is 5.84. The average molecular weight is 253 g/mol. The zero-order valence-electron chi connectivity index (χ0n) is 11.2. The second kappa shape index (κ2) is 8.72. The summed E-state index contributed by atoms with van der Waals surface area (Å²) in [4.78, 5) is 15.2. The molecule has 0 aromatic carbocycles. The molecule has 0 unspecified atom stereocenters.